The van der Waals surface area contributed by atoms with Crippen molar-refractivity contribution in [1.82, 2.24) is 9.97 Å². The van der Waals surface area contributed by atoms with Gasteiger partial charge in [0.15, 0.2) is 11.6 Å². The molecule has 0 atom stereocenters. The zero-order chi connectivity index (χ0) is 23.3. The van der Waals surface area contributed by atoms with Gasteiger partial charge >= 0.3 is 11.9 Å². The van der Waals surface area contributed by atoms with Gasteiger partial charge in [0.2, 0.25) is 0 Å². The van der Waals surface area contributed by atoms with Crippen LogP contribution in [0.2, 0.25) is 0 Å². The van der Waals surface area contributed by atoms with Crippen LogP contribution in [0.5, 0.6) is 0 Å². The first-order valence-corrected chi connectivity index (χ1v) is 9.91. The standard InChI is InChI=1S/C23H25N5O4/c1-5-28(18-8-6-7-14(2)9-18)21-19(24)20(25-13-26-21)27-17-11-15(22(29)31-3)10-16(12-17)23(30)32-4/h6-13H,5,24H2,1-4H3,(H,25,26,27). The molecule has 1 heterocycles. The molecule has 3 aromatic rings. The fraction of sp³-hybridized carbons (Fsp3) is 0.217. The molecule has 0 saturated carbocycles. The average molecular weight is 435 g/mol. The fourth-order valence-electron chi connectivity index (χ4n) is 3.26. The third kappa shape index (κ3) is 4.77. The number of aromatic nitrogens is 2. The number of carbonyl (C=O) groups excluding carboxylic acids is 2. The number of nitrogens with one attached hydrogen (secondary N) is 1. The summed E-state index contributed by atoms with van der Waals surface area (Å²) >= 11 is 0. The molecule has 0 radical (unpaired) electrons. The maximum Gasteiger partial charge on any atom is 0.337 e. The van der Waals surface area contributed by atoms with Crippen molar-refractivity contribution in [3.05, 3.63) is 65.5 Å². The lowest BCUT2D eigenvalue weighted by molar-refractivity contribution is 0.0599. The lowest BCUT2D eigenvalue weighted by Gasteiger charge is -2.24. The summed E-state index contributed by atoms with van der Waals surface area (Å²) in [4.78, 5) is 34.7. The molecule has 9 nitrogen and oxygen atoms in total. The van der Waals surface area contributed by atoms with Crippen molar-refractivity contribution in [3.63, 3.8) is 0 Å². The number of nitrogens with two attached hydrogens (primary N) is 1. The van der Waals surface area contributed by atoms with E-state index in [4.69, 9.17) is 15.2 Å². The van der Waals surface area contributed by atoms with Crippen LogP contribution < -0.4 is 16.0 Å². The van der Waals surface area contributed by atoms with Crippen molar-refractivity contribution >= 4 is 40.6 Å². The molecule has 166 valence electrons. The van der Waals surface area contributed by atoms with Gasteiger partial charge < -0.3 is 25.4 Å². The van der Waals surface area contributed by atoms with E-state index in [0.717, 1.165) is 11.3 Å². The smallest absolute Gasteiger partial charge is 0.337 e. The number of nitrogen functional groups attached to an aromatic ring is 1. The summed E-state index contributed by atoms with van der Waals surface area (Å²) in [6.07, 6.45) is 1.40. The third-order valence-electron chi connectivity index (χ3n) is 4.79. The van der Waals surface area contributed by atoms with E-state index in [1.807, 2.05) is 43.0 Å². The van der Waals surface area contributed by atoms with Gasteiger partial charge in [0.1, 0.15) is 12.0 Å². The molecule has 3 rings (SSSR count). The zero-order valence-corrected chi connectivity index (χ0v) is 18.4. The lowest BCUT2D eigenvalue weighted by atomic mass is 10.1. The second kappa shape index (κ2) is 9.78. The number of esters is 2. The number of rotatable bonds is 7. The van der Waals surface area contributed by atoms with Crippen molar-refractivity contribution in [2.75, 3.05) is 36.7 Å². The van der Waals surface area contributed by atoms with Crippen LogP contribution in [0, 0.1) is 6.92 Å². The highest BCUT2D eigenvalue weighted by atomic mass is 16.5. The molecule has 0 saturated heterocycles. The SMILES string of the molecule is CCN(c1cccc(C)c1)c1ncnc(Nc2cc(C(=O)OC)cc(C(=O)OC)c2)c1N. The minimum Gasteiger partial charge on any atom is -0.465 e. The Bertz CT molecular complexity index is 1110. The highest BCUT2D eigenvalue weighted by Crippen LogP contribution is 2.33. The monoisotopic (exact) mass is 435 g/mol. The number of hydrogen-bond donors (Lipinski definition) is 2. The summed E-state index contributed by atoms with van der Waals surface area (Å²) in [6, 6.07) is 12.5. The normalized spacial score (nSPS) is 10.4. The Labute approximate surface area is 186 Å². The lowest BCUT2D eigenvalue weighted by Crippen LogP contribution is -2.20. The van der Waals surface area contributed by atoms with Crippen molar-refractivity contribution in [2.24, 2.45) is 0 Å². The molecular formula is C23H25N5O4. The number of aryl methyl sites for hydroxylation is 1. The maximum absolute atomic E-state index is 12.1. The molecule has 0 amide bonds. The van der Waals surface area contributed by atoms with Gasteiger partial charge in [0, 0.05) is 17.9 Å². The van der Waals surface area contributed by atoms with Crippen LogP contribution in [0.15, 0.2) is 48.8 Å². The molecule has 0 unspecified atom stereocenters. The predicted molar refractivity (Wildman–Crippen MR) is 123 cm³/mol. The van der Waals surface area contributed by atoms with E-state index in [2.05, 4.69) is 15.3 Å². The molecule has 0 spiro atoms. The molecule has 2 aromatic carbocycles. The molecule has 0 bridgehead atoms. The first-order chi connectivity index (χ1) is 15.4. The van der Waals surface area contributed by atoms with Crippen LogP contribution in [-0.2, 0) is 9.47 Å². The van der Waals surface area contributed by atoms with Crippen LogP contribution in [-0.4, -0.2) is 42.7 Å². The van der Waals surface area contributed by atoms with Crippen molar-refractivity contribution < 1.29 is 19.1 Å². The average Bonchev–Trinajstić information content (AvgIpc) is 2.80. The van der Waals surface area contributed by atoms with Crippen LogP contribution in [0.1, 0.15) is 33.2 Å². The van der Waals surface area contributed by atoms with Crippen LogP contribution in [0.25, 0.3) is 0 Å². The molecule has 1 aromatic heterocycles. The van der Waals surface area contributed by atoms with Gasteiger partial charge in [-0.15, -0.1) is 0 Å². The van der Waals surface area contributed by atoms with E-state index in [1.54, 1.807) is 0 Å². The minimum absolute atomic E-state index is 0.181. The first-order valence-electron chi connectivity index (χ1n) is 9.91. The summed E-state index contributed by atoms with van der Waals surface area (Å²) in [5, 5.41) is 3.07. The number of ether oxygens (including phenoxy) is 2. The van der Waals surface area contributed by atoms with Gasteiger partial charge in [-0.05, 0) is 49.7 Å². The largest absolute Gasteiger partial charge is 0.465 e. The number of benzene rings is 2. The summed E-state index contributed by atoms with van der Waals surface area (Å²) in [5.74, 6) is -0.314. The molecule has 3 N–H and O–H groups in total. The second-order valence-electron chi connectivity index (χ2n) is 6.95. The van der Waals surface area contributed by atoms with Crippen LogP contribution in [0.3, 0.4) is 0 Å². The number of hydrogen-bond acceptors (Lipinski definition) is 9. The second-order valence-corrected chi connectivity index (χ2v) is 6.95. The molecule has 0 aliphatic carbocycles. The third-order valence-corrected chi connectivity index (χ3v) is 4.79. The van der Waals surface area contributed by atoms with Gasteiger partial charge in [-0.25, -0.2) is 19.6 Å². The van der Waals surface area contributed by atoms with Crippen molar-refractivity contribution in [2.45, 2.75) is 13.8 Å². The van der Waals surface area contributed by atoms with E-state index in [9.17, 15) is 9.59 Å². The van der Waals surface area contributed by atoms with E-state index >= 15 is 0 Å². The molecule has 0 aliphatic rings. The Kier molecular flexibility index (Phi) is 6.89. The number of anilines is 5. The summed E-state index contributed by atoms with van der Waals surface area (Å²) in [5.41, 5.74) is 9.58. The van der Waals surface area contributed by atoms with Crippen LogP contribution >= 0.6 is 0 Å². The van der Waals surface area contributed by atoms with E-state index in [-0.39, 0.29) is 11.1 Å². The van der Waals surface area contributed by atoms with Gasteiger partial charge in [-0.2, -0.15) is 0 Å². The first kappa shape index (κ1) is 22.5. The molecule has 0 aliphatic heterocycles. The van der Waals surface area contributed by atoms with Gasteiger partial charge in [0.05, 0.1) is 25.3 Å². The Balaban J connectivity index is 2.01. The quantitative estimate of drug-likeness (QED) is 0.533. The topological polar surface area (TPSA) is 120 Å². The summed E-state index contributed by atoms with van der Waals surface area (Å²) in [7, 11) is 2.53. The molecule has 32 heavy (non-hydrogen) atoms. The highest BCUT2D eigenvalue weighted by molar-refractivity contribution is 5.97. The Morgan fingerprint density at radius 1 is 1.03 bits per heavy atom. The van der Waals surface area contributed by atoms with Crippen molar-refractivity contribution in [3.8, 4) is 0 Å². The number of methoxy groups -OCH3 is 2. The maximum atomic E-state index is 12.1. The number of nitrogens with zero attached hydrogens (tertiary/aromatic N) is 3. The fourth-order valence-corrected chi connectivity index (χ4v) is 3.26. The van der Waals surface area contributed by atoms with E-state index in [0.29, 0.717) is 29.6 Å². The van der Waals surface area contributed by atoms with Crippen LogP contribution in [0.4, 0.5) is 28.7 Å². The van der Waals surface area contributed by atoms with Gasteiger partial charge in [-0.1, -0.05) is 12.1 Å². The van der Waals surface area contributed by atoms with Crippen molar-refractivity contribution in [1.29, 1.82) is 0 Å². The molecule has 9 heteroatoms. The Hall–Kier alpha value is -4.14. The minimum atomic E-state index is -0.591. The zero-order valence-electron chi connectivity index (χ0n) is 18.4. The summed E-state index contributed by atoms with van der Waals surface area (Å²) in [6.45, 7) is 4.65. The Morgan fingerprint density at radius 2 is 1.69 bits per heavy atom. The summed E-state index contributed by atoms with van der Waals surface area (Å²) < 4.78 is 9.56. The van der Waals surface area contributed by atoms with Gasteiger partial charge in [-0.3, -0.25) is 0 Å². The van der Waals surface area contributed by atoms with Gasteiger partial charge in [0.25, 0.3) is 0 Å². The Morgan fingerprint density at radius 3 is 2.25 bits per heavy atom. The molecule has 0 fully saturated rings. The predicted octanol–water partition coefficient (Wildman–Crippen LogP) is 3.84. The van der Waals surface area contributed by atoms with E-state index < -0.39 is 11.9 Å². The molecular weight excluding hydrogens is 410 g/mol. The number of carbonyl (C=O) groups is 2. The highest BCUT2D eigenvalue weighted by Gasteiger charge is 2.18. The van der Waals surface area contributed by atoms with E-state index in [1.165, 1.54) is 38.7 Å².